The van der Waals surface area contributed by atoms with Gasteiger partial charge in [-0.05, 0) is 6.92 Å². The van der Waals surface area contributed by atoms with Crippen LogP contribution in [0.2, 0.25) is 0 Å². The monoisotopic (exact) mass is 231 g/mol. The molecule has 0 bridgehead atoms. The highest BCUT2D eigenvalue weighted by molar-refractivity contribution is 5.36. The maximum absolute atomic E-state index is 4.36. The molecule has 1 aliphatic rings. The van der Waals surface area contributed by atoms with Gasteiger partial charge in [0.2, 0.25) is 0 Å². The predicted octanol–water partition coefficient (Wildman–Crippen LogP) is 0.523. The van der Waals surface area contributed by atoms with Crippen molar-refractivity contribution in [2.45, 2.75) is 19.5 Å². The lowest BCUT2D eigenvalue weighted by atomic mass is 10.2. The second-order valence-corrected chi connectivity index (χ2v) is 4.64. The van der Waals surface area contributed by atoms with Crippen molar-refractivity contribution in [1.82, 2.24) is 24.6 Å². The summed E-state index contributed by atoms with van der Waals surface area (Å²) in [4.78, 5) is 10.9. The minimum Gasteiger partial charge on any atom is -0.312 e. The van der Waals surface area contributed by atoms with Crippen LogP contribution in [-0.2, 0) is 6.54 Å². The van der Waals surface area contributed by atoms with Crippen LogP contribution in [0.25, 0.3) is 5.65 Å². The van der Waals surface area contributed by atoms with E-state index in [4.69, 9.17) is 0 Å². The zero-order valence-corrected chi connectivity index (χ0v) is 10.0. The number of nitrogens with zero attached hydrogens (tertiary/aromatic N) is 4. The Morgan fingerprint density at radius 2 is 2.41 bits per heavy atom. The normalized spacial score (nSPS) is 22.1. The quantitative estimate of drug-likeness (QED) is 0.818. The number of hydrogen-bond donors (Lipinski definition) is 1. The molecule has 0 radical (unpaired) electrons. The minimum atomic E-state index is 0.574. The van der Waals surface area contributed by atoms with Gasteiger partial charge in [-0.15, -0.1) is 0 Å². The van der Waals surface area contributed by atoms with Crippen molar-refractivity contribution in [3.8, 4) is 0 Å². The molecule has 5 nitrogen and oxygen atoms in total. The van der Waals surface area contributed by atoms with Gasteiger partial charge in [-0.2, -0.15) is 0 Å². The molecule has 0 unspecified atom stereocenters. The Morgan fingerprint density at radius 1 is 1.47 bits per heavy atom. The van der Waals surface area contributed by atoms with Crippen LogP contribution in [0, 0.1) is 0 Å². The molecule has 0 aliphatic carbocycles. The van der Waals surface area contributed by atoms with Crippen molar-refractivity contribution in [3.63, 3.8) is 0 Å². The maximum atomic E-state index is 4.36. The SMILES string of the molecule is C[C@H]1CN(Cc2cnc3cnccn23)CCN1. The van der Waals surface area contributed by atoms with Crippen molar-refractivity contribution >= 4 is 5.65 Å². The Kier molecular flexibility index (Phi) is 2.78. The van der Waals surface area contributed by atoms with Gasteiger partial charge < -0.3 is 5.32 Å². The first-order valence-electron chi connectivity index (χ1n) is 6.04. The average Bonchev–Trinajstić information content (AvgIpc) is 2.73. The van der Waals surface area contributed by atoms with Crippen molar-refractivity contribution in [2.75, 3.05) is 19.6 Å². The van der Waals surface area contributed by atoms with E-state index in [1.54, 1.807) is 12.4 Å². The zero-order chi connectivity index (χ0) is 11.7. The van der Waals surface area contributed by atoms with E-state index < -0.39 is 0 Å². The van der Waals surface area contributed by atoms with Gasteiger partial charge >= 0.3 is 0 Å². The van der Waals surface area contributed by atoms with Crippen LogP contribution in [-0.4, -0.2) is 44.9 Å². The molecule has 0 saturated carbocycles. The molecule has 1 saturated heterocycles. The summed E-state index contributed by atoms with van der Waals surface area (Å²) in [7, 11) is 0. The zero-order valence-electron chi connectivity index (χ0n) is 10.0. The van der Waals surface area contributed by atoms with Gasteiger partial charge in [0, 0.05) is 44.6 Å². The van der Waals surface area contributed by atoms with Crippen LogP contribution in [0.1, 0.15) is 12.6 Å². The fraction of sp³-hybridized carbons (Fsp3) is 0.500. The fourth-order valence-corrected chi connectivity index (χ4v) is 2.40. The number of piperazine rings is 1. The van der Waals surface area contributed by atoms with Gasteiger partial charge in [0.15, 0.2) is 5.65 Å². The van der Waals surface area contributed by atoms with E-state index in [0.29, 0.717) is 6.04 Å². The van der Waals surface area contributed by atoms with Gasteiger partial charge in [0.25, 0.3) is 0 Å². The van der Waals surface area contributed by atoms with Gasteiger partial charge in [-0.25, -0.2) is 4.98 Å². The summed E-state index contributed by atoms with van der Waals surface area (Å²) in [6, 6.07) is 0.574. The number of imidazole rings is 1. The lowest BCUT2D eigenvalue weighted by molar-refractivity contribution is 0.197. The summed E-state index contributed by atoms with van der Waals surface area (Å²) in [5, 5.41) is 3.45. The Bertz CT molecular complexity index is 506. The molecular formula is C12H17N5. The molecular weight excluding hydrogens is 214 g/mol. The third-order valence-corrected chi connectivity index (χ3v) is 3.23. The smallest absolute Gasteiger partial charge is 0.155 e. The van der Waals surface area contributed by atoms with Crippen molar-refractivity contribution < 1.29 is 0 Å². The number of fused-ring (bicyclic) bond motifs is 1. The molecule has 1 fully saturated rings. The molecule has 2 aromatic rings. The van der Waals surface area contributed by atoms with E-state index in [9.17, 15) is 0 Å². The lowest BCUT2D eigenvalue weighted by Crippen LogP contribution is -2.48. The van der Waals surface area contributed by atoms with Gasteiger partial charge in [-0.3, -0.25) is 14.3 Å². The highest BCUT2D eigenvalue weighted by Crippen LogP contribution is 2.09. The highest BCUT2D eigenvalue weighted by Gasteiger charge is 2.16. The Balaban J connectivity index is 1.80. The molecule has 0 aromatic carbocycles. The standard InChI is InChI=1S/C12H17N5/c1-10-8-16(4-3-14-10)9-11-6-15-12-7-13-2-5-17(11)12/h2,5-7,10,14H,3-4,8-9H2,1H3/t10-/m0/s1. The molecule has 17 heavy (non-hydrogen) atoms. The lowest BCUT2D eigenvalue weighted by Gasteiger charge is -2.31. The van der Waals surface area contributed by atoms with Crippen LogP contribution >= 0.6 is 0 Å². The third-order valence-electron chi connectivity index (χ3n) is 3.23. The predicted molar refractivity (Wildman–Crippen MR) is 65.7 cm³/mol. The second-order valence-electron chi connectivity index (χ2n) is 4.64. The van der Waals surface area contributed by atoms with E-state index in [-0.39, 0.29) is 0 Å². The van der Waals surface area contributed by atoms with E-state index in [2.05, 4.69) is 31.5 Å². The van der Waals surface area contributed by atoms with E-state index in [0.717, 1.165) is 31.8 Å². The summed E-state index contributed by atoms with van der Waals surface area (Å²) in [6.45, 7) is 6.45. The Hall–Kier alpha value is -1.46. The first-order chi connectivity index (χ1) is 8.33. The van der Waals surface area contributed by atoms with Crippen LogP contribution in [0.3, 0.4) is 0 Å². The molecule has 1 aliphatic heterocycles. The first kappa shape index (κ1) is 10.7. The molecule has 3 rings (SSSR count). The van der Waals surface area contributed by atoms with Crippen LogP contribution in [0.15, 0.2) is 24.8 Å². The molecule has 0 spiro atoms. The third kappa shape index (κ3) is 2.16. The summed E-state index contributed by atoms with van der Waals surface area (Å²) >= 11 is 0. The van der Waals surface area contributed by atoms with Gasteiger partial charge in [-0.1, -0.05) is 0 Å². The number of nitrogens with one attached hydrogen (secondary N) is 1. The minimum absolute atomic E-state index is 0.574. The molecule has 2 aromatic heterocycles. The van der Waals surface area contributed by atoms with Gasteiger partial charge in [0.1, 0.15) is 0 Å². The molecule has 0 amide bonds. The largest absolute Gasteiger partial charge is 0.312 e. The van der Waals surface area contributed by atoms with E-state index >= 15 is 0 Å². The molecule has 5 heteroatoms. The molecule has 90 valence electrons. The summed E-state index contributed by atoms with van der Waals surface area (Å²) in [6.07, 6.45) is 7.52. The first-order valence-corrected chi connectivity index (χ1v) is 6.04. The number of rotatable bonds is 2. The van der Waals surface area contributed by atoms with E-state index in [1.165, 1.54) is 5.69 Å². The van der Waals surface area contributed by atoms with Crippen LogP contribution in [0.5, 0.6) is 0 Å². The van der Waals surface area contributed by atoms with Crippen molar-refractivity contribution in [2.24, 2.45) is 0 Å². The molecule has 1 N–H and O–H groups in total. The second kappa shape index (κ2) is 4.43. The van der Waals surface area contributed by atoms with Gasteiger partial charge in [0.05, 0.1) is 18.1 Å². The Morgan fingerprint density at radius 3 is 3.29 bits per heavy atom. The van der Waals surface area contributed by atoms with Crippen LogP contribution in [0.4, 0.5) is 0 Å². The topological polar surface area (TPSA) is 45.5 Å². The summed E-state index contributed by atoms with van der Waals surface area (Å²) in [5.74, 6) is 0. The van der Waals surface area contributed by atoms with Crippen molar-refractivity contribution in [3.05, 3.63) is 30.5 Å². The molecule has 3 heterocycles. The Labute approximate surface area is 100 Å². The summed E-state index contributed by atoms with van der Waals surface area (Å²) in [5.41, 5.74) is 2.15. The van der Waals surface area contributed by atoms with Crippen LogP contribution < -0.4 is 5.32 Å². The number of aromatic nitrogens is 3. The van der Waals surface area contributed by atoms with Crippen molar-refractivity contribution in [1.29, 1.82) is 0 Å². The highest BCUT2D eigenvalue weighted by atomic mass is 15.2. The summed E-state index contributed by atoms with van der Waals surface area (Å²) < 4.78 is 2.11. The fourth-order valence-electron chi connectivity index (χ4n) is 2.40. The molecule has 1 atom stereocenters. The number of hydrogen-bond acceptors (Lipinski definition) is 4. The maximum Gasteiger partial charge on any atom is 0.155 e. The average molecular weight is 231 g/mol. The van der Waals surface area contributed by atoms with E-state index in [1.807, 2.05) is 12.4 Å².